The Balaban J connectivity index is 0.00000364. The van der Waals surface area contributed by atoms with E-state index >= 15 is 0 Å². The molecule has 6 heteroatoms. The molecule has 1 aliphatic rings. The van der Waals surface area contributed by atoms with Crippen molar-refractivity contribution in [1.29, 1.82) is 0 Å². The second kappa shape index (κ2) is 11.3. The molecule has 1 fully saturated rings. The molecular weight excluding hydrogens is 362 g/mol. The fourth-order valence-corrected chi connectivity index (χ4v) is 3.52. The van der Waals surface area contributed by atoms with Gasteiger partial charge < -0.3 is 15.1 Å². The minimum Gasteiger partial charge on any atom is -0.341 e. The van der Waals surface area contributed by atoms with Crippen molar-refractivity contribution in [1.82, 2.24) is 15.1 Å². The van der Waals surface area contributed by atoms with Gasteiger partial charge in [0.15, 0.2) is 0 Å². The van der Waals surface area contributed by atoms with E-state index < -0.39 is 0 Å². The summed E-state index contributed by atoms with van der Waals surface area (Å²) in [7, 11) is 1.82. The maximum absolute atomic E-state index is 13.0. The van der Waals surface area contributed by atoms with E-state index in [1.807, 2.05) is 50.1 Å². The Morgan fingerprint density at radius 1 is 1.15 bits per heavy atom. The number of benzene rings is 1. The van der Waals surface area contributed by atoms with Gasteiger partial charge in [-0.15, -0.1) is 12.4 Å². The maximum atomic E-state index is 13.0. The summed E-state index contributed by atoms with van der Waals surface area (Å²) < 4.78 is 0. The lowest BCUT2D eigenvalue weighted by atomic mass is 10.0. The number of halogens is 1. The van der Waals surface area contributed by atoms with Gasteiger partial charge in [0.25, 0.3) is 5.91 Å². The zero-order chi connectivity index (χ0) is 19.1. The van der Waals surface area contributed by atoms with Crippen LogP contribution in [0.1, 0.15) is 56.0 Å². The number of piperidine rings is 1. The summed E-state index contributed by atoms with van der Waals surface area (Å²) in [5.41, 5.74) is 1.78. The molecular formula is C21H34ClN3O2. The molecule has 1 heterocycles. The normalized spacial score (nSPS) is 14.6. The van der Waals surface area contributed by atoms with Gasteiger partial charge in [-0.1, -0.05) is 32.9 Å². The smallest absolute Gasteiger partial charge is 0.254 e. The molecule has 0 spiro atoms. The summed E-state index contributed by atoms with van der Waals surface area (Å²) in [5.74, 6) is 0.246. The molecule has 5 nitrogen and oxygen atoms in total. The number of hydrogen-bond donors (Lipinski definition) is 1. The molecule has 0 radical (unpaired) electrons. The minimum absolute atomic E-state index is 0. The first-order valence-corrected chi connectivity index (χ1v) is 9.79. The van der Waals surface area contributed by atoms with Crippen molar-refractivity contribution in [2.75, 3.05) is 26.7 Å². The largest absolute Gasteiger partial charge is 0.341 e. The molecule has 1 aromatic rings. The average molecular weight is 396 g/mol. The van der Waals surface area contributed by atoms with Crippen LogP contribution in [0.2, 0.25) is 0 Å². The summed E-state index contributed by atoms with van der Waals surface area (Å²) in [6.45, 7) is 9.26. The fraction of sp³-hybridized carbons (Fsp3) is 0.619. The molecule has 0 unspecified atom stereocenters. The summed E-state index contributed by atoms with van der Waals surface area (Å²) in [6, 6.07) is 8.05. The Morgan fingerprint density at radius 2 is 1.74 bits per heavy atom. The summed E-state index contributed by atoms with van der Waals surface area (Å²) in [6.07, 6.45) is 3.01. The first-order valence-electron chi connectivity index (χ1n) is 9.79. The Labute approximate surface area is 169 Å². The summed E-state index contributed by atoms with van der Waals surface area (Å²) in [4.78, 5) is 28.8. The third-order valence-electron chi connectivity index (χ3n) is 4.97. The predicted octanol–water partition coefficient (Wildman–Crippen LogP) is 3.33. The van der Waals surface area contributed by atoms with Gasteiger partial charge in [0.05, 0.1) is 0 Å². The molecule has 2 amide bonds. The third-order valence-corrected chi connectivity index (χ3v) is 4.97. The van der Waals surface area contributed by atoms with Gasteiger partial charge in [0.2, 0.25) is 5.91 Å². The van der Waals surface area contributed by atoms with Crippen LogP contribution in [0.15, 0.2) is 24.3 Å². The third kappa shape index (κ3) is 6.51. The molecule has 0 saturated carbocycles. The van der Waals surface area contributed by atoms with E-state index in [1.165, 1.54) is 0 Å². The number of carbonyl (C=O) groups excluding carboxylic acids is 2. The van der Waals surface area contributed by atoms with E-state index in [0.29, 0.717) is 12.6 Å². The van der Waals surface area contributed by atoms with E-state index in [2.05, 4.69) is 12.2 Å². The van der Waals surface area contributed by atoms with Gasteiger partial charge in [-0.05, 0) is 50.0 Å². The number of carbonyl (C=O) groups is 2. The molecule has 152 valence electrons. The second-order valence-corrected chi connectivity index (χ2v) is 7.53. The van der Waals surface area contributed by atoms with Crippen LogP contribution in [0, 0.1) is 5.92 Å². The minimum atomic E-state index is -0.00608. The summed E-state index contributed by atoms with van der Waals surface area (Å²) >= 11 is 0. The van der Waals surface area contributed by atoms with Gasteiger partial charge in [0, 0.05) is 37.7 Å². The van der Waals surface area contributed by atoms with Crippen LogP contribution in [0.3, 0.4) is 0 Å². The van der Waals surface area contributed by atoms with Crippen molar-refractivity contribution in [2.45, 2.75) is 52.6 Å². The second-order valence-electron chi connectivity index (χ2n) is 7.53. The van der Waals surface area contributed by atoms with Crippen LogP contribution in [0.5, 0.6) is 0 Å². The van der Waals surface area contributed by atoms with Gasteiger partial charge in [-0.25, -0.2) is 0 Å². The van der Waals surface area contributed by atoms with Crippen LogP contribution in [-0.4, -0.2) is 54.3 Å². The van der Waals surface area contributed by atoms with E-state index in [9.17, 15) is 9.59 Å². The first kappa shape index (κ1) is 23.4. The van der Waals surface area contributed by atoms with E-state index in [-0.39, 0.29) is 30.1 Å². The van der Waals surface area contributed by atoms with E-state index in [4.69, 9.17) is 0 Å². The van der Waals surface area contributed by atoms with Gasteiger partial charge in [-0.2, -0.15) is 0 Å². The predicted molar refractivity (Wildman–Crippen MR) is 112 cm³/mol. The zero-order valence-corrected chi connectivity index (χ0v) is 17.8. The number of rotatable bonds is 7. The van der Waals surface area contributed by atoms with Crippen molar-refractivity contribution in [3.05, 3.63) is 35.4 Å². The first-order chi connectivity index (χ1) is 12.4. The monoisotopic (exact) mass is 395 g/mol. The zero-order valence-electron chi connectivity index (χ0n) is 17.0. The molecule has 0 aliphatic carbocycles. The van der Waals surface area contributed by atoms with Gasteiger partial charge >= 0.3 is 0 Å². The van der Waals surface area contributed by atoms with Crippen molar-refractivity contribution in [3.63, 3.8) is 0 Å². The van der Waals surface area contributed by atoms with Crippen molar-refractivity contribution in [3.8, 4) is 0 Å². The molecule has 1 N–H and O–H groups in total. The highest BCUT2D eigenvalue weighted by Gasteiger charge is 2.25. The highest BCUT2D eigenvalue weighted by atomic mass is 35.5. The van der Waals surface area contributed by atoms with Crippen LogP contribution in [-0.2, 0) is 11.3 Å². The maximum Gasteiger partial charge on any atom is 0.254 e. The van der Waals surface area contributed by atoms with Crippen LogP contribution in [0.25, 0.3) is 0 Å². The van der Waals surface area contributed by atoms with Crippen LogP contribution < -0.4 is 5.32 Å². The number of nitrogens with one attached hydrogen (secondary N) is 1. The molecule has 27 heavy (non-hydrogen) atoms. The highest BCUT2D eigenvalue weighted by molar-refractivity contribution is 5.94. The number of hydrogen-bond acceptors (Lipinski definition) is 3. The molecule has 1 aliphatic heterocycles. The Kier molecular flexibility index (Phi) is 9.81. The Morgan fingerprint density at radius 3 is 2.26 bits per heavy atom. The Hall–Kier alpha value is -1.59. The molecule has 1 saturated heterocycles. The molecule has 2 rings (SSSR count). The van der Waals surface area contributed by atoms with E-state index in [0.717, 1.165) is 50.0 Å². The topological polar surface area (TPSA) is 52.7 Å². The molecule has 1 aromatic carbocycles. The van der Waals surface area contributed by atoms with Gasteiger partial charge in [-0.3, -0.25) is 9.59 Å². The average Bonchev–Trinajstić information content (AvgIpc) is 2.66. The van der Waals surface area contributed by atoms with Crippen LogP contribution >= 0.6 is 12.4 Å². The molecule has 0 bridgehead atoms. The lowest BCUT2D eigenvalue weighted by molar-refractivity contribution is -0.133. The van der Waals surface area contributed by atoms with Crippen molar-refractivity contribution in [2.24, 2.45) is 5.92 Å². The number of nitrogens with zero attached hydrogens (tertiary/aromatic N) is 2. The standard InChI is InChI=1S/C21H33N3O2.ClH/c1-5-14-24(19-10-12-22-13-11-19)21(26)18-8-6-17(7-9-18)15-23(4)20(25)16(2)3;/h6-9,16,19,22H,5,10-15H2,1-4H3;1H. The van der Waals surface area contributed by atoms with Crippen LogP contribution in [0.4, 0.5) is 0 Å². The van der Waals surface area contributed by atoms with Crippen molar-refractivity contribution >= 4 is 24.2 Å². The fourth-order valence-electron chi connectivity index (χ4n) is 3.52. The Bertz CT molecular complexity index is 598. The molecule has 0 atom stereocenters. The number of amides is 2. The lowest BCUT2D eigenvalue weighted by Crippen LogP contribution is -2.46. The van der Waals surface area contributed by atoms with Gasteiger partial charge in [0.1, 0.15) is 0 Å². The molecule has 0 aromatic heterocycles. The van der Waals surface area contributed by atoms with E-state index in [1.54, 1.807) is 4.90 Å². The lowest BCUT2D eigenvalue weighted by Gasteiger charge is -2.34. The SMILES string of the molecule is CCCN(C(=O)c1ccc(CN(C)C(=O)C(C)C)cc1)C1CCNCC1.Cl. The van der Waals surface area contributed by atoms with Crippen molar-refractivity contribution < 1.29 is 9.59 Å². The quantitative estimate of drug-likeness (QED) is 0.770. The highest BCUT2D eigenvalue weighted by Crippen LogP contribution is 2.17. The summed E-state index contributed by atoms with van der Waals surface area (Å²) in [5, 5.41) is 3.36.